The molecule has 2 rings (SSSR count). The first-order valence-electron chi connectivity index (χ1n) is 5.75. The van der Waals surface area contributed by atoms with Gasteiger partial charge in [-0.15, -0.1) is 0 Å². The number of halogens is 1. The van der Waals surface area contributed by atoms with Crippen LogP contribution in [-0.2, 0) is 11.2 Å². The van der Waals surface area contributed by atoms with Gasteiger partial charge < -0.3 is 5.11 Å². The summed E-state index contributed by atoms with van der Waals surface area (Å²) in [5.74, 6) is -0.828. The topological polar surface area (TPSA) is 50.2 Å². The zero-order chi connectivity index (χ0) is 13.3. The summed E-state index contributed by atoms with van der Waals surface area (Å²) in [5.41, 5.74) is 4.00. The smallest absolute Gasteiger partial charge is 0.303 e. The Morgan fingerprint density at radius 1 is 1.28 bits per heavy atom. The van der Waals surface area contributed by atoms with Crippen molar-refractivity contribution < 1.29 is 9.90 Å². The first kappa shape index (κ1) is 12.8. The molecule has 1 N–H and O–H groups in total. The lowest BCUT2D eigenvalue weighted by molar-refractivity contribution is -0.136. The highest BCUT2D eigenvalue weighted by molar-refractivity contribution is 6.30. The monoisotopic (exact) mass is 263 g/mol. The maximum Gasteiger partial charge on any atom is 0.303 e. The van der Waals surface area contributed by atoms with Crippen molar-refractivity contribution in [2.24, 2.45) is 0 Å². The second kappa shape index (κ2) is 4.94. The molecule has 2 aromatic rings. The lowest BCUT2D eigenvalue weighted by Crippen LogP contribution is -1.99. The van der Waals surface area contributed by atoms with Gasteiger partial charge in [0.05, 0.1) is 5.52 Å². The Morgan fingerprint density at radius 2 is 1.94 bits per heavy atom. The summed E-state index contributed by atoms with van der Waals surface area (Å²) in [6, 6.07) is 5.98. The minimum atomic E-state index is -0.828. The number of aliphatic carboxylic acids is 1. The van der Waals surface area contributed by atoms with E-state index in [-0.39, 0.29) is 6.42 Å². The fraction of sp³-hybridized carbons (Fsp3) is 0.286. The molecule has 0 amide bonds. The van der Waals surface area contributed by atoms with Crippen LogP contribution in [0, 0.1) is 13.8 Å². The van der Waals surface area contributed by atoms with Crippen LogP contribution in [0.15, 0.2) is 18.2 Å². The lowest BCUT2D eigenvalue weighted by Gasteiger charge is -2.07. The van der Waals surface area contributed by atoms with E-state index in [1.165, 1.54) is 11.1 Å². The molecule has 0 bridgehead atoms. The van der Waals surface area contributed by atoms with Crippen LogP contribution in [0.2, 0.25) is 5.15 Å². The number of nitrogens with zero attached hydrogens (tertiary/aromatic N) is 1. The standard InChI is InChI=1S/C14H14ClNO2/c1-8-5-11-7-10(3-4-13(17)18)14(15)16-12(11)6-9(8)2/h5-7H,3-4H2,1-2H3,(H,17,18). The van der Waals surface area contributed by atoms with E-state index < -0.39 is 5.97 Å². The van der Waals surface area contributed by atoms with Gasteiger partial charge in [-0.2, -0.15) is 0 Å². The Balaban J connectivity index is 2.47. The second-order valence-electron chi connectivity index (χ2n) is 4.46. The molecule has 18 heavy (non-hydrogen) atoms. The fourth-order valence-corrected chi connectivity index (χ4v) is 2.12. The zero-order valence-electron chi connectivity index (χ0n) is 10.3. The second-order valence-corrected chi connectivity index (χ2v) is 4.82. The van der Waals surface area contributed by atoms with Gasteiger partial charge in [0, 0.05) is 11.8 Å². The highest BCUT2D eigenvalue weighted by atomic mass is 35.5. The van der Waals surface area contributed by atoms with E-state index in [9.17, 15) is 4.79 Å². The molecule has 1 heterocycles. The summed E-state index contributed by atoms with van der Waals surface area (Å²) in [6.45, 7) is 4.07. The fourth-order valence-electron chi connectivity index (χ4n) is 1.88. The van der Waals surface area contributed by atoms with Gasteiger partial charge >= 0.3 is 5.97 Å². The molecule has 1 aromatic heterocycles. The summed E-state index contributed by atoms with van der Waals surface area (Å²) in [4.78, 5) is 14.9. The molecule has 0 aliphatic heterocycles. The summed E-state index contributed by atoms with van der Waals surface area (Å²) in [7, 11) is 0. The highest BCUT2D eigenvalue weighted by Crippen LogP contribution is 2.24. The van der Waals surface area contributed by atoms with Crippen molar-refractivity contribution in [3.63, 3.8) is 0 Å². The van der Waals surface area contributed by atoms with Crippen molar-refractivity contribution >= 4 is 28.5 Å². The largest absolute Gasteiger partial charge is 0.481 e. The average Bonchev–Trinajstić information content (AvgIpc) is 2.29. The van der Waals surface area contributed by atoms with Crippen LogP contribution in [-0.4, -0.2) is 16.1 Å². The molecule has 4 heteroatoms. The molecule has 1 aromatic carbocycles. The Bertz CT molecular complexity index is 623. The normalized spacial score (nSPS) is 10.8. The van der Waals surface area contributed by atoms with Crippen LogP contribution in [0.3, 0.4) is 0 Å². The first-order chi connectivity index (χ1) is 8.47. The summed E-state index contributed by atoms with van der Waals surface area (Å²) < 4.78 is 0. The van der Waals surface area contributed by atoms with Crippen molar-refractivity contribution in [2.45, 2.75) is 26.7 Å². The van der Waals surface area contributed by atoms with Crippen LogP contribution in [0.25, 0.3) is 10.9 Å². The predicted octanol–water partition coefficient (Wildman–Crippen LogP) is 3.52. The van der Waals surface area contributed by atoms with Gasteiger partial charge in [-0.05, 0) is 55.2 Å². The van der Waals surface area contributed by atoms with Gasteiger partial charge in [-0.1, -0.05) is 11.6 Å². The molecule has 94 valence electrons. The average molecular weight is 264 g/mol. The molecular weight excluding hydrogens is 250 g/mol. The summed E-state index contributed by atoms with van der Waals surface area (Å²) in [5, 5.41) is 10.1. The summed E-state index contributed by atoms with van der Waals surface area (Å²) in [6.07, 6.45) is 0.474. The SMILES string of the molecule is Cc1cc2cc(CCC(=O)O)c(Cl)nc2cc1C. The van der Waals surface area contributed by atoms with E-state index in [0.29, 0.717) is 11.6 Å². The molecule has 0 saturated heterocycles. The number of aryl methyl sites for hydroxylation is 3. The van der Waals surface area contributed by atoms with Crippen LogP contribution in [0.1, 0.15) is 23.1 Å². The van der Waals surface area contributed by atoms with Crippen molar-refractivity contribution in [1.82, 2.24) is 4.98 Å². The van der Waals surface area contributed by atoms with Crippen LogP contribution in [0.5, 0.6) is 0 Å². The van der Waals surface area contributed by atoms with Gasteiger partial charge in [0.25, 0.3) is 0 Å². The number of carboxylic acid groups (broad SMARTS) is 1. The molecule has 0 aliphatic rings. The minimum Gasteiger partial charge on any atom is -0.481 e. The van der Waals surface area contributed by atoms with Gasteiger partial charge in [-0.25, -0.2) is 4.98 Å². The van der Waals surface area contributed by atoms with E-state index >= 15 is 0 Å². The quantitative estimate of drug-likeness (QED) is 0.862. The van der Waals surface area contributed by atoms with Crippen molar-refractivity contribution in [2.75, 3.05) is 0 Å². The van der Waals surface area contributed by atoms with E-state index in [2.05, 4.69) is 11.1 Å². The molecule has 0 saturated carbocycles. The first-order valence-corrected chi connectivity index (χ1v) is 6.13. The van der Waals surface area contributed by atoms with Crippen molar-refractivity contribution in [1.29, 1.82) is 0 Å². The van der Waals surface area contributed by atoms with Gasteiger partial charge in [0.15, 0.2) is 0 Å². The molecule has 0 aliphatic carbocycles. The maximum absolute atomic E-state index is 10.6. The Labute approximate surface area is 110 Å². The molecular formula is C14H14ClNO2. The number of rotatable bonds is 3. The molecule has 0 atom stereocenters. The number of fused-ring (bicyclic) bond motifs is 1. The third kappa shape index (κ3) is 2.62. The third-order valence-corrected chi connectivity index (χ3v) is 3.39. The molecule has 0 fully saturated rings. The minimum absolute atomic E-state index is 0.0672. The molecule has 3 nitrogen and oxygen atoms in total. The number of carbonyl (C=O) groups is 1. The van der Waals surface area contributed by atoms with Crippen LogP contribution < -0.4 is 0 Å². The van der Waals surface area contributed by atoms with Gasteiger partial charge in [-0.3, -0.25) is 4.79 Å². The third-order valence-electron chi connectivity index (χ3n) is 3.06. The Morgan fingerprint density at radius 3 is 2.61 bits per heavy atom. The number of benzene rings is 1. The molecule has 0 radical (unpaired) electrons. The van der Waals surface area contributed by atoms with E-state index in [4.69, 9.17) is 16.7 Å². The van der Waals surface area contributed by atoms with E-state index in [1.54, 1.807) is 0 Å². The zero-order valence-corrected chi connectivity index (χ0v) is 11.1. The van der Waals surface area contributed by atoms with E-state index in [0.717, 1.165) is 16.5 Å². The van der Waals surface area contributed by atoms with Crippen molar-refractivity contribution in [3.8, 4) is 0 Å². The predicted molar refractivity (Wildman–Crippen MR) is 72.2 cm³/mol. The molecule has 0 unspecified atom stereocenters. The number of pyridine rings is 1. The number of hydrogen-bond donors (Lipinski definition) is 1. The van der Waals surface area contributed by atoms with Gasteiger partial charge in [0.1, 0.15) is 5.15 Å². The van der Waals surface area contributed by atoms with Crippen molar-refractivity contribution in [3.05, 3.63) is 40.0 Å². The Kier molecular flexibility index (Phi) is 3.53. The summed E-state index contributed by atoms with van der Waals surface area (Å²) >= 11 is 6.07. The van der Waals surface area contributed by atoms with Gasteiger partial charge in [0.2, 0.25) is 0 Å². The van der Waals surface area contributed by atoms with E-state index in [1.807, 2.05) is 26.0 Å². The van der Waals surface area contributed by atoms with Crippen LogP contribution >= 0.6 is 11.6 Å². The number of hydrogen-bond acceptors (Lipinski definition) is 2. The lowest BCUT2D eigenvalue weighted by atomic mass is 10.0. The number of aromatic nitrogens is 1. The Hall–Kier alpha value is -1.61. The molecule has 0 spiro atoms. The highest BCUT2D eigenvalue weighted by Gasteiger charge is 2.08. The van der Waals surface area contributed by atoms with Crippen LogP contribution in [0.4, 0.5) is 0 Å². The maximum atomic E-state index is 10.6. The number of carboxylic acids is 1.